The Hall–Kier alpha value is -0.640. The van der Waals surface area contributed by atoms with Gasteiger partial charge in [0, 0.05) is 13.2 Å². The molecule has 60 valence electrons. The van der Waals surface area contributed by atoms with Crippen LogP contribution in [0.2, 0.25) is 0 Å². The minimum absolute atomic E-state index is 0.399. The minimum Gasteiger partial charge on any atom is -0.382 e. The monoisotopic (exact) mass is 147 g/mol. The molecule has 0 aliphatic heterocycles. The lowest BCUT2D eigenvalue weighted by Crippen LogP contribution is -1.95. The first kappa shape index (κ1) is 9.36. The lowest BCUT2D eigenvalue weighted by atomic mass is 10.3. The molecule has 0 bridgehead atoms. The fourth-order valence-electron chi connectivity index (χ4n) is 0.552. The molecule has 0 N–H and O–H groups in total. The molecule has 0 aromatic heterocycles. The molecule has 4 heteroatoms. The maximum absolute atomic E-state index is 9.39. The summed E-state index contributed by atoms with van der Waals surface area (Å²) in [6, 6.07) is 0. The van der Waals surface area contributed by atoms with Crippen molar-refractivity contribution in [3.8, 4) is 0 Å². The zero-order valence-electron chi connectivity index (χ0n) is 6.21. The molecule has 0 aromatic rings. The second-order valence-electron chi connectivity index (χ2n) is 1.81. The van der Waals surface area contributed by atoms with Gasteiger partial charge in [0.15, 0.2) is 5.34 Å². The molecule has 0 rings (SSSR count). The minimum atomic E-state index is 0.399. The van der Waals surface area contributed by atoms with Crippen molar-refractivity contribution in [3.63, 3.8) is 0 Å². The number of hydrogen-bond donors (Lipinski definition) is 0. The Bertz CT molecular complexity index is 77.4. The molecule has 0 aromatic carbocycles. The van der Waals surface area contributed by atoms with Crippen molar-refractivity contribution < 1.29 is 9.57 Å². The Kier molecular flexibility index (Phi) is 7.82. The van der Waals surface area contributed by atoms with Gasteiger partial charge in [-0.15, -0.1) is 4.91 Å². The van der Waals surface area contributed by atoms with Crippen molar-refractivity contribution in [3.05, 3.63) is 4.91 Å². The van der Waals surface area contributed by atoms with Gasteiger partial charge in [-0.1, -0.05) is 0 Å². The normalized spacial score (nSPS) is 9.30. The van der Waals surface area contributed by atoms with E-state index in [-0.39, 0.29) is 0 Å². The van der Waals surface area contributed by atoms with Gasteiger partial charge in [0.1, 0.15) is 6.61 Å². The second kappa shape index (κ2) is 8.36. The van der Waals surface area contributed by atoms with Crippen molar-refractivity contribution >= 4 is 0 Å². The largest absolute Gasteiger partial charge is 0.382 e. The molecule has 0 amide bonds. The maximum Gasteiger partial charge on any atom is 0.155 e. The topological polar surface area (TPSA) is 47.9 Å². The van der Waals surface area contributed by atoms with Crippen LogP contribution in [0.4, 0.5) is 0 Å². The first-order valence-electron chi connectivity index (χ1n) is 3.44. The molecular formula is C6H13NO3. The molecule has 0 aliphatic rings. The predicted octanol–water partition coefficient (Wildman–Crippen LogP) is 1.50. The molecule has 10 heavy (non-hydrogen) atoms. The Morgan fingerprint density at radius 1 is 1.30 bits per heavy atom. The van der Waals surface area contributed by atoms with Crippen LogP contribution < -0.4 is 0 Å². The van der Waals surface area contributed by atoms with Crippen LogP contribution in [0.5, 0.6) is 0 Å². The smallest absolute Gasteiger partial charge is 0.155 e. The van der Waals surface area contributed by atoms with E-state index in [1.54, 1.807) is 0 Å². The van der Waals surface area contributed by atoms with Gasteiger partial charge in [0.25, 0.3) is 0 Å². The zero-order valence-corrected chi connectivity index (χ0v) is 6.21. The van der Waals surface area contributed by atoms with Gasteiger partial charge in [-0.3, -0.25) is 0 Å². The van der Waals surface area contributed by atoms with E-state index in [1.807, 2.05) is 6.92 Å². The Morgan fingerprint density at radius 3 is 2.60 bits per heavy atom. The highest BCUT2D eigenvalue weighted by atomic mass is 16.7. The molecule has 0 radical (unpaired) electrons. The molecule has 0 unspecified atom stereocenters. The second-order valence-corrected chi connectivity index (χ2v) is 1.81. The van der Waals surface area contributed by atoms with Gasteiger partial charge in [0.2, 0.25) is 0 Å². The van der Waals surface area contributed by atoms with E-state index in [0.717, 1.165) is 26.1 Å². The first-order valence-corrected chi connectivity index (χ1v) is 3.44. The van der Waals surface area contributed by atoms with Crippen LogP contribution in [0, 0.1) is 4.91 Å². The number of ether oxygens (including phenoxy) is 1. The van der Waals surface area contributed by atoms with E-state index in [2.05, 4.69) is 10.2 Å². The van der Waals surface area contributed by atoms with E-state index in [1.165, 1.54) is 0 Å². The lowest BCUT2D eigenvalue weighted by Gasteiger charge is -1.98. The molecule has 0 saturated heterocycles. The zero-order chi connectivity index (χ0) is 7.66. The number of unbranched alkanes of at least 4 members (excludes halogenated alkanes) is 1. The summed E-state index contributed by atoms with van der Waals surface area (Å²) < 4.78 is 5.05. The molecule has 0 saturated carbocycles. The first-order chi connectivity index (χ1) is 4.91. The van der Waals surface area contributed by atoms with Crippen LogP contribution in [0.1, 0.15) is 19.8 Å². The van der Waals surface area contributed by atoms with Gasteiger partial charge in [0.05, 0.1) is 0 Å². The molecule has 4 nitrogen and oxygen atoms in total. The number of hydrogen-bond acceptors (Lipinski definition) is 4. The Balaban J connectivity index is 2.70. The van der Waals surface area contributed by atoms with Crippen LogP contribution in [-0.4, -0.2) is 19.8 Å². The van der Waals surface area contributed by atoms with Gasteiger partial charge in [-0.2, -0.15) is 0 Å². The molecular weight excluding hydrogens is 134 g/mol. The Morgan fingerprint density at radius 2 is 2.00 bits per heavy atom. The fraction of sp³-hybridized carbons (Fsp3) is 1.00. The maximum atomic E-state index is 9.39. The van der Waals surface area contributed by atoms with Crippen molar-refractivity contribution in [1.82, 2.24) is 0 Å². The highest BCUT2D eigenvalue weighted by Crippen LogP contribution is 1.90. The molecule has 0 atom stereocenters. The third-order valence-electron chi connectivity index (χ3n) is 1.03. The summed E-state index contributed by atoms with van der Waals surface area (Å²) >= 11 is 0. The number of nitrogens with zero attached hydrogens (tertiary/aromatic N) is 1. The van der Waals surface area contributed by atoms with Crippen LogP contribution in [0.15, 0.2) is 5.34 Å². The van der Waals surface area contributed by atoms with Crippen LogP contribution in [0.3, 0.4) is 0 Å². The summed E-state index contributed by atoms with van der Waals surface area (Å²) in [5.74, 6) is 0. The summed E-state index contributed by atoms with van der Waals surface area (Å²) in [4.78, 5) is 13.6. The third kappa shape index (κ3) is 7.36. The summed E-state index contributed by atoms with van der Waals surface area (Å²) in [5, 5.41) is 2.26. The van der Waals surface area contributed by atoms with Gasteiger partial charge >= 0.3 is 0 Å². The van der Waals surface area contributed by atoms with Crippen molar-refractivity contribution in [1.29, 1.82) is 0 Å². The van der Waals surface area contributed by atoms with Crippen LogP contribution >= 0.6 is 0 Å². The lowest BCUT2D eigenvalue weighted by molar-refractivity contribution is 0.110. The van der Waals surface area contributed by atoms with E-state index in [9.17, 15) is 4.91 Å². The molecule has 0 fully saturated rings. The van der Waals surface area contributed by atoms with Gasteiger partial charge < -0.3 is 9.57 Å². The van der Waals surface area contributed by atoms with E-state index < -0.39 is 0 Å². The fourth-order valence-corrected chi connectivity index (χ4v) is 0.552. The van der Waals surface area contributed by atoms with Crippen molar-refractivity contribution in [2.45, 2.75) is 19.8 Å². The third-order valence-corrected chi connectivity index (χ3v) is 1.03. The van der Waals surface area contributed by atoms with Gasteiger partial charge in [-0.25, -0.2) is 0 Å². The SMILES string of the molecule is CCOCCCCON=O. The molecule has 0 heterocycles. The standard InChI is InChI=1S/C6H13NO3/c1-2-9-5-3-4-6-10-7-8/h2-6H2,1H3. The highest BCUT2D eigenvalue weighted by molar-refractivity contribution is 4.35. The Labute approximate surface area is 60.4 Å². The summed E-state index contributed by atoms with van der Waals surface area (Å²) in [6.45, 7) is 3.82. The highest BCUT2D eigenvalue weighted by Gasteiger charge is 1.87. The van der Waals surface area contributed by atoms with E-state index in [0.29, 0.717) is 6.61 Å². The average molecular weight is 147 g/mol. The average Bonchev–Trinajstić information content (AvgIpc) is 1.97. The predicted molar refractivity (Wildman–Crippen MR) is 37.5 cm³/mol. The number of rotatable bonds is 7. The van der Waals surface area contributed by atoms with Crippen molar-refractivity contribution in [2.75, 3.05) is 19.8 Å². The summed E-state index contributed by atoms with van der Waals surface area (Å²) in [7, 11) is 0. The summed E-state index contributed by atoms with van der Waals surface area (Å²) in [5.41, 5.74) is 0. The quantitative estimate of drug-likeness (QED) is 0.311. The summed E-state index contributed by atoms with van der Waals surface area (Å²) in [6.07, 6.45) is 1.75. The van der Waals surface area contributed by atoms with Crippen LogP contribution in [-0.2, 0) is 9.57 Å². The van der Waals surface area contributed by atoms with E-state index in [4.69, 9.17) is 4.74 Å². The molecule has 0 spiro atoms. The van der Waals surface area contributed by atoms with Crippen molar-refractivity contribution in [2.24, 2.45) is 5.34 Å². The van der Waals surface area contributed by atoms with E-state index >= 15 is 0 Å². The van der Waals surface area contributed by atoms with Gasteiger partial charge in [-0.05, 0) is 19.8 Å². The van der Waals surface area contributed by atoms with Crippen LogP contribution in [0.25, 0.3) is 0 Å². The molecule has 0 aliphatic carbocycles.